The fraction of sp³-hybridized carbons (Fsp3) is 0.364. The van der Waals surface area contributed by atoms with Gasteiger partial charge < -0.3 is 30.5 Å². The van der Waals surface area contributed by atoms with Crippen LogP contribution in [0, 0.1) is 0 Å². The van der Waals surface area contributed by atoms with Crippen molar-refractivity contribution in [2.75, 3.05) is 29.1 Å². The second-order valence-corrected chi connectivity index (χ2v) is 8.56. The maximum absolute atomic E-state index is 13.2. The van der Waals surface area contributed by atoms with E-state index in [4.69, 9.17) is 15.0 Å². The topological polar surface area (TPSA) is 164 Å². The van der Waals surface area contributed by atoms with E-state index in [1.165, 1.54) is 17.9 Å². The average molecular weight is 455 g/mol. The number of nitrogens with zero attached hydrogens (tertiary/aromatic N) is 3. The van der Waals surface area contributed by atoms with Crippen LogP contribution in [-0.4, -0.2) is 57.0 Å². The predicted molar refractivity (Wildman–Crippen MR) is 119 cm³/mol. The molecule has 1 saturated heterocycles. The molecule has 0 aliphatic carbocycles. The Morgan fingerprint density at radius 3 is 2.73 bits per heavy atom. The lowest BCUT2D eigenvalue weighted by Gasteiger charge is -2.38. The highest BCUT2D eigenvalue weighted by molar-refractivity contribution is 6.06. The number of ether oxygens (including phenoxy) is 1. The van der Waals surface area contributed by atoms with Gasteiger partial charge in [-0.3, -0.25) is 14.5 Å². The van der Waals surface area contributed by atoms with Gasteiger partial charge in [0.2, 0.25) is 0 Å². The number of rotatable bonds is 5. The molecule has 5 N–H and O–H groups in total. The van der Waals surface area contributed by atoms with Gasteiger partial charge >= 0.3 is 0 Å². The first-order chi connectivity index (χ1) is 15.5. The van der Waals surface area contributed by atoms with E-state index in [9.17, 15) is 19.8 Å². The molecule has 2 unspecified atom stereocenters. The number of nitrogen functional groups attached to an aromatic ring is 1. The Morgan fingerprint density at radius 1 is 1.24 bits per heavy atom. The number of benzene rings is 1. The summed E-state index contributed by atoms with van der Waals surface area (Å²) in [6.07, 6.45) is -1.47. The summed E-state index contributed by atoms with van der Waals surface area (Å²) in [7, 11) is 0. The molecule has 1 aliphatic heterocycles. The minimum atomic E-state index is -2.20. The third-order valence-electron chi connectivity index (χ3n) is 5.46. The molecule has 1 aromatic carbocycles. The Kier molecular flexibility index (Phi) is 5.56. The molecule has 2 amide bonds. The lowest BCUT2D eigenvalue weighted by Crippen LogP contribution is -2.61. The number of hydrogen-bond donors (Lipinski definition) is 4. The van der Waals surface area contributed by atoms with Gasteiger partial charge in [0.15, 0.2) is 23.1 Å². The van der Waals surface area contributed by atoms with Crippen LogP contribution in [0.3, 0.4) is 0 Å². The van der Waals surface area contributed by atoms with Crippen LogP contribution < -0.4 is 16.0 Å². The van der Waals surface area contributed by atoms with Crippen molar-refractivity contribution in [3.63, 3.8) is 0 Å². The monoisotopic (exact) mass is 455 g/mol. The summed E-state index contributed by atoms with van der Waals surface area (Å²) in [6, 6.07) is 9.64. The van der Waals surface area contributed by atoms with Gasteiger partial charge in [0.05, 0.1) is 24.2 Å². The number of aliphatic hydroxyl groups is 2. The minimum absolute atomic E-state index is 0.0809. The van der Waals surface area contributed by atoms with Gasteiger partial charge in [0, 0.05) is 11.8 Å². The fourth-order valence-corrected chi connectivity index (χ4v) is 3.54. The van der Waals surface area contributed by atoms with Crippen LogP contribution in [0.5, 0.6) is 0 Å². The summed E-state index contributed by atoms with van der Waals surface area (Å²) >= 11 is 0. The van der Waals surface area contributed by atoms with E-state index in [0.29, 0.717) is 22.4 Å². The molecule has 0 bridgehead atoms. The van der Waals surface area contributed by atoms with E-state index < -0.39 is 29.1 Å². The Labute approximate surface area is 189 Å². The number of morpholine rings is 1. The van der Waals surface area contributed by atoms with Crippen molar-refractivity contribution in [1.29, 1.82) is 0 Å². The van der Waals surface area contributed by atoms with Crippen molar-refractivity contribution in [2.45, 2.75) is 38.1 Å². The van der Waals surface area contributed by atoms with Crippen LogP contribution >= 0.6 is 0 Å². The second-order valence-electron chi connectivity index (χ2n) is 8.56. The summed E-state index contributed by atoms with van der Waals surface area (Å²) in [5, 5.41) is 28.1. The smallest absolute Gasteiger partial charge is 0.260 e. The average Bonchev–Trinajstić information content (AvgIpc) is 3.13. The quantitative estimate of drug-likeness (QED) is 0.442. The van der Waals surface area contributed by atoms with Crippen molar-refractivity contribution < 1.29 is 29.1 Å². The lowest BCUT2D eigenvalue weighted by molar-refractivity contribution is -0.165. The van der Waals surface area contributed by atoms with Gasteiger partial charge in [-0.25, -0.2) is 4.98 Å². The highest BCUT2D eigenvalue weighted by Gasteiger charge is 2.48. The number of hydrogen-bond acceptors (Lipinski definition) is 9. The Bertz CT molecular complexity index is 1220. The van der Waals surface area contributed by atoms with Crippen LogP contribution in [0.1, 0.15) is 26.5 Å². The van der Waals surface area contributed by atoms with Crippen LogP contribution in [0.4, 0.5) is 17.3 Å². The first-order valence-electron chi connectivity index (χ1n) is 10.3. The molecule has 0 saturated carbocycles. The van der Waals surface area contributed by atoms with E-state index in [-0.39, 0.29) is 24.8 Å². The molecule has 0 radical (unpaired) electrons. The highest BCUT2D eigenvalue weighted by Crippen LogP contribution is 2.28. The molecule has 4 rings (SSSR count). The molecular weight excluding hydrogens is 430 g/mol. The first kappa shape index (κ1) is 22.6. The fourth-order valence-electron chi connectivity index (χ4n) is 3.54. The number of nitrogens with two attached hydrogens (primary N) is 1. The molecule has 11 nitrogen and oxygen atoms in total. The Hall–Kier alpha value is -3.54. The van der Waals surface area contributed by atoms with Gasteiger partial charge in [0.25, 0.3) is 11.8 Å². The second kappa shape index (κ2) is 8.10. The molecule has 1 fully saturated rings. The van der Waals surface area contributed by atoms with E-state index in [1.54, 1.807) is 44.2 Å². The van der Waals surface area contributed by atoms with E-state index >= 15 is 0 Å². The first-order valence-corrected chi connectivity index (χ1v) is 10.3. The third-order valence-corrected chi connectivity index (χ3v) is 5.46. The van der Waals surface area contributed by atoms with E-state index in [1.807, 2.05) is 0 Å². The maximum Gasteiger partial charge on any atom is 0.260 e. The summed E-state index contributed by atoms with van der Waals surface area (Å²) in [5.41, 5.74) is 3.36. The van der Waals surface area contributed by atoms with Crippen LogP contribution in [0.2, 0.25) is 0 Å². The third kappa shape index (κ3) is 4.25. The van der Waals surface area contributed by atoms with Crippen molar-refractivity contribution in [2.24, 2.45) is 0 Å². The SMILES string of the molecule is CC(C)(O)c1cccc(N2CCOC(C(C)(O)C(=O)Nc3ccc4c(N)noc4c3)C2=O)n1. The number of fused-ring (bicyclic) bond motifs is 1. The summed E-state index contributed by atoms with van der Waals surface area (Å²) in [5.74, 6) is -0.955. The van der Waals surface area contributed by atoms with Crippen LogP contribution in [0.15, 0.2) is 40.9 Å². The number of carbonyl (C=O) groups is 2. The molecule has 11 heteroatoms. The van der Waals surface area contributed by atoms with Gasteiger partial charge in [-0.2, -0.15) is 0 Å². The van der Waals surface area contributed by atoms with E-state index in [0.717, 1.165) is 0 Å². The number of aromatic nitrogens is 2. The Morgan fingerprint density at radius 2 is 2.00 bits per heavy atom. The molecule has 3 aromatic rings. The zero-order valence-electron chi connectivity index (χ0n) is 18.4. The van der Waals surface area contributed by atoms with E-state index in [2.05, 4.69) is 15.5 Å². The summed E-state index contributed by atoms with van der Waals surface area (Å²) < 4.78 is 10.6. The molecule has 2 aromatic heterocycles. The van der Waals surface area contributed by atoms with Crippen molar-refractivity contribution in [1.82, 2.24) is 10.1 Å². The number of nitrogens with one attached hydrogen (secondary N) is 1. The van der Waals surface area contributed by atoms with Crippen molar-refractivity contribution in [3.8, 4) is 0 Å². The number of anilines is 3. The molecule has 174 valence electrons. The normalized spacial score (nSPS) is 18.9. The predicted octanol–water partition coefficient (Wildman–Crippen LogP) is 1.15. The molecule has 0 spiro atoms. The lowest BCUT2D eigenvalue weighted by atomic mass is 9.95. The maximum atomic E-state index is 13.2. The molecule has 2 atom stereocenters. The van der Waals surface area contributed by atoms with Gasteiger partial charge in [-0.15, -0.1) is 0 Å². The molecule has 33 heavy (non-hydrogen) atoms. The van der Waals surface area contributed by atoms with Crippen molar-refractivity contribution in [3.05, 3.63) is 42.1 Å². The number of pyridine rings is 1. The van der Waals surface area contributed by atoms with Crippen molar-refractivity contribution >= 4 is 40.1 Å². The molecule has 3 heterocycles. The number of amides is 2. The largest absolute Gasteiger partial charge is 0.384 e. The van der Waals surface area contributed by atoms with Crippen LogP contribution in [0.25, 0.3) is 11.0 Å². The molecule has 1 aliphatic rings. The highest BCUT2D eigenvalue weighted by atomic mass is 16.5. The van der Waals surface area contributed by atoms with Gasteiger partial charge in [-0.1, -0.05) is 11.2 Å². The zero-order chi connectivity index (χ0) is 24.0. The number of carbonyl (C=O) groups excluding carboxylic acids is 2. The summed E-state index contributed by atoms with van der Waals surface area (Å²) in [6.45, 7) is 4.64. The standard InChI is InChI=1S/C22H25N5O6/c1-21(2,30)15-5-4-6-16(25-15)27-9-10-32-17(19(27)28)22(3,31)20(29)24-12-7-8-13-14(11-12)33-26-18(13)23/h4-8,11,17,30-31H,9-10H2,1-3H3,(H2,23,26)(H,24,29). The minimum Gasteiger partial charge on any atom is -0.384 e. The summed E-state index contributed by atoms with van der Waals surface area (Å²) in [4.78, 5) is 31.8. The van der Waals surface area contributed by atoms with Gasteiger partial charge in [0.1, 0.15) is 11.4 Å². The zero-order valence-corrected chi connectivity index (χ0v) is 18.4. The Balaban J connectivity index is 1.55. The molecular formula is C22H25N5O6. The van der Waals surface area contributed by atoms with Crippen LogP contribution in [-0.2, 0) is 19.9 Å². The van der Waals surface area contributed by atoms with Gasteiger partial charge in [-0.05, 0) is 45.0 Å².